The van der Waals surface area contributed by atoms with Gasteiger partial charge >= 0.3 is 43.2 Å². The molecule has 120 valence electrons. The normalized spacial score (nSPS) is 10.9. The van der Waals surface area contributed by atoms with Gasteiger partial charge in [-0.3, -0.25) is 14.4 Å². The fourth-order valence-electron chi connectivity index (χ4n) is 0.907. The van der Waals surface area contributed by atoms with Crippen LogP contribution in [0.5, 0.6) is 0 Å². The van der Waals surface area contributed by atoms with Gasteiger partial charge in [-0.05, 0) is 20.8 Å². The van der Waals surface area contributed by atoms with E-state index in [4.69, 9.17) is 29.7 Å². The number of hydrogen-bond acceptors (Lipinski definition) is 3. The molecule has 22 heavy (non-hydrogen) atoms. The Morgan fingerprint density at radius 3 is 0.682 bits per heavy atom. The fourth-order valence-corrected chi connectivity index (χ4v) is 0.907. The van der Waals surface area contributed by atoms with Crippen LogP contribution in [0.3, 0.4) is 0 Å². The van der Waals surface area contributed by atoms with Crippen LogP contribution in [0.15, 0.2) is 35.5 Å². The summed E-state index contributed by atoms with van der Waals surface area (Å²) in [4.78, 5) is 25.2. The van der Waals surface area contributed by atoms with E-state index >= 15 is 0 Å². The van der Waals surface area contributed by atoms with E-state index in [0.29, 0.717) is 0 Å². The van der Waals surface area contributed by atoms with Crippen LogP contribution in [0.4, 0.5) is 0 Å². The van der Waals surface area contributed by atoms with Crippen molar-refractivity contribution >= 4 is 43.2 Å². The Bertz CT molecular complexity index is 368. The van der Waals surface area contributed by atoms with Crippen LogP contribution in [0, 0.1) is 0 Å². The van der Waals surface area contributed by atoms with Crippen LogP contribution in [0.2, 0.25) is 0 Å². The first kappa shape index (κ1) is 28.6. The number of allylic oxidation sites excluding steroid dienone is 6. The third-order valence-corrected chi connectivity index (χ3v) is 1.25. The Kier molecular flexibility index (Phi) is 22.8. The Hall–Kier alpha value is -1.50. The zero-order chi connectivity index (χ0) is 17.6. The third kappa shape index (κ3) is 51.4. The molecule has 0 spiro atoms. The van der Waals surface area contributed by atoms with Crippen LogP contribution in [-0.4, -0.2) is 72.9 Å². The van der Waals surface area contributed by atoms with Crippen molar-refractivity contribution in [1.82, 2.24) is 0 Å². The van der Waals surface area contributed by atoms with Gasteiger partial charge in [0.05, 0.1) is 56.3 Å². The van der Waals surface area contributed by atoms with Crippen molar-refractivity contribution in [2.75, 3.05) is 0 Å². The SMILES string of the molecule is CC(=[OH+])/C=C(/C)O.CC(=[OH+])/C=C(/C)O.CC(=[OH+])/C=C(/C)O.[In+3]. The number of rotatable bonds is 3. The van der Waals surface area contributed by atoms with Crippen molar-refractivity contribution in [3.05, 3.63) is 35.5 Å². The van der Waals surface area contributed by atoms with Gasteiger partial charge in [-0.2, -0.15) is 0 Å². The van der Waals surface area contributed by atoms with Crippen molar-refractivity contribution in [2.24, 2.45) is 0 Å². The summed E-state index contributed by atoms with van der Waals surface area (Å²) in [7, 11) is 0. The number of carbonyl (C=O) groups excluding carboxylic acids is 3. The molecule has 0 unspecified atom stereocenters. The van der Waals surface area contributed by atoms with Gasteiger partial charge in [0.15, 0.2) is 0 Å². The Morgan fingerprint density at radius 1 is 0.545 bits per heavy atom. The summed E-state index contributed by atoms with van der Waals surface area (Å²) in [6, 6.07) is 0. The Morgan fingerprint density at radius 2 is 0.682 bits per heavy atom. The minimum atomic E-state index is 0. The van der Waals surface area contributed by atoms with Gasteiger partial charge in [0, 0.05) is 0 Å². The number of hydrogen-bond donors (Lipinski definition) is 3. The molecule has 0 aromatic rings. The average Bonchev–Trinajstić information content (AvgIpc) is 2.10. The van der Waals surface area contributed by atoms with E-state index in [1.165, 1.54) is 59.8 Å². The molecule has 0 aromatic carbocycles. The standard InChI is InChI=1S/3C5H8O2.In/c3*1-4(6)3-5(2)7;/h3*3,6H,1-2H3;/q;;;+3/p+3/b3*4-3-;. The molecule has 0 amide bonds. The Balaban J connectivity index is -0.000000108. The van der Waals surface area contributed by atoms with E-state index in [1.54, 1.807) is 0 Å². The predicted octanol–water partition coefficient (Wildman–Crippen LogP) is 2.66. The van der Waals surface area contributed by atoms with Gasteiger partial charge in [-0.1, -0.05) is 0 Å². The van der Waals surface area contributed by atoms with Crippen molar-refractivity contribution < 1.29 is 29.7 Å². The second-order valence-corrected chi connectivity index (χ2v) is 4.28. The molecule has 6 N–H and O–H groups in total. The minimum Gasteiger partial charge on any atom is -0.512 e. The van der Waals surface area contributed by atoms with Gasteiger partial charge < -0.3 is 15.3 Å². The van der Waals surface area contributed by atoms with Gasteiger partial charge in [0.25, 0.3) is 0 Å². The number of ketones is 3. The molecule has 0 rings (SSSR count). The average molecular weight is 418 g/mol. The first-order valence-electron chi connectivity index (χ1n) is 6.07. The molecular formula is C15H27InO6+6. The maximum atomic E-state index is 8.40. The molecule has 0 bridgehead atoms. The molecule has 0 aliphatic carbocycles. The first-order valence-corrected chi connectivity index (χ1v) is 6.07. The molecule has 7 heteroatoms. The Labute approximate surface area is 150 Å². The topological polar surface area (TPSA) is 125 Å². The van der Waals surface area contributed by atoms with Gasteiger partial charge in [0.2, 0.25) is 0 Å². The van der Waals surface area contributed by atoms with Gasteiger partial charge in [-0.25, -0.2) is 0 Å². The van der Waals surface area contributed by atoms with E-state index < -0.39 is 0 Å². The number of aliphatic hydroxyl groups is 3. The summed E-state index contributed by atoms with van der Waals surface area (Å²) in [6.45, 7) is 9.00. The number of aliphatic hydroxyl groups excluding tert-OH is 3. The van der Waals surface area contributed by atoms with E-state index in [9.17, 15) is 0 Å². The monoisotopic (exact) mass is 418 g/mol. The van der Waals surface area contributed by atoms with Crippen molar-refractivity contribution in [1.29, 1.82) is 0 Å². The molecule has 0 aromatic heterocycles. The molecule has 6 nitrogen and oxygen atoms in total. The van der Waals surface area contributed by atoms with Crippen LogP contribution in [0.25, 0.3) is 0 Å². The molecule has 0 saturated heterocycles. The molecule has 0 radical (unpaired) electrons. The van der Waals surface area contributed by atoms with Crippen LogP contribution in [0.1, 0.15) is 41.5 Å². The van der Waals surface area contributed by atoms with E-state index in [-0.39, 0.29) is 60.5 Å². The summed E-state index contributed by atoms with van der Waals surface area (Å²) in [5.41, 5.74) is 0. The van der Waals surface area contributed by atoms with Crippen LogP contribution in [-0.2, 0) is 0 Å². The molecule has 0 fully saturated rings. The van der Waals surface area contributed by atoms with Gasteiger partial charge in [0.1, 0.15) is 0 Å². The predicted molar refractivity (Wildman–Crippen MR) is 92.8 cm³/mol. The molecule has 0 atom stereocenters. The summed E-state index contributed by atoms with van der Waals surface area (Å²) < 4.78 is 0. The molecular weight excluding hydrogens is 391 g/mol. The summed E-state index contributed by atoms with van der Waals surface area (Å²) >= 11 is 0. The molecule has 0 saturated carbocycles. The van der Waals surface area contributed by atoms with Crippen LogP contribution < -0.4 is 0 Å². The maximum Gasteiger partial charge on any atom is 3.00 e. The van der Waals surface area contributed by atoms with Crippen LogP contribution >= 0.6 is 0 Å². The smallest absolute Gasteiger partial charge is 0.512 e. The van der Waals surface area contributed by atoms with E-state index in [2.05, 4.69) is 0 Å². The van der Waals surface area contributed by atoms with E-state index in [1.807, 2.05) is 0 Å². The molecule has 0 aliphatic heterocycles. The van der Waals surface area contributed by atoms with E-state index in [0.717, 1.165) is 0 Å². The second kappa shape index (κ2) is 17.6. The zero-order valence-electron chi connectivity index (χ0n) is 14.0. The third-order valence-electron chi connectivity index (χ3n) is 1.25. The quantitative estimate of drug-likeness (QED) is 0.371. The molecule has 0 heterocycles. The minimum absolute atomic E-state index is 0. The van der Waals surface area contributed by atoms with Crippen molar-refractivity contribution in [3.8, 4) is 0 Å². The zero-order valence-corrected chi connectivity index (χ0v) is 17.3. The summed E-state index contributed by atoms with van der Waals surface area (Å²) in [6.07, 6.45) is 3.83. The largest absolute Gasteiger partial charge is 3.00 e. The van der Waals surface area contributed by atoms with Crippen molar-refractivity contribution in [2.45, 2.75) is 41.5 Å². The second-order valence-electron chi connectivity index (χ2n) is 4.28. The van der Waals surface area contributed by atoms with Crippen molar-refractivity contribution in [3.63, 3.8) is 0 Å². The fraction of sp³-hybridized carbons (Fsp3) is 0.400. The summed E-state index contributed by atoms with van der Waals surface area (Å²) in [5.74, 6) is 0.750. The summed E-state index contributed by atoms with van der Waals surface area (Å²) in [5, 5.41) is 25.2. The van der Waals surface area contributed by atoms with Gasteiger partial charge in [-0.15, -0.1) is 0 Å². The maximum absolute atomic E-state index is 8.40. The molecule has 0 aliphatic rings. The first-order chi connectivity index (χ1) is 9.38.